The molecule has 1 unspecified atom stereocenters. The van der Waals surface area contributed by atoms with Crippen molar-refractivity contribution in [3.8, 4) is 0 Å². The van der Waals surface area contributed by atoms with Crippen molar-refractivity contribution in [1.29, 1.82) is 0 Å². The second-order valence-corrected chi connectivity index (χ2v) is 8.56. The lowest BCUT2D eigenvalue weighted by molar-refractivity contribution is -0.132. The second-order valence-electron chi connectivity index (χ2n) is 8.56. The minimum absolute atomic E-state index is 0.00493. The molecule has 2 fully saturated rings. The number of amides is 2. The molecule has 0 saturated carbocycles. The first-order chi connectivity index (χ1) is 15.2. The molecule has 0 aliphatic carbocycles. The third-order valence-electron chi connectivity index (χ3n) is 6.26. The van der Waals surface area contributed by atoms with Crippen LogP contribution in [0.5, 0.6) is 0 Å². The number of hydrogen-bond donors (Lipinski definition) is 1. The first kappa shape index (κ1) is 21.3. The van der Waals surface area contributed by atoms with Gasteiger partial charge in [0.2, 0.25) is 11.8 Å². The van der Waals surface area contributed by atoms with Gasteiger partial charge in [-0.1, -0.05) is 60.7 Å². The zero-order valence-corrected chi connectivity index (χ0v) is 18.0. The molecular weight excluding hydrogens is 386 g/mol. The van der Waals surface area contributed by atoms with E-state index in [9.17, 15) is 9.59 Å². The van der Waals surface area contributed by atoms with Crippen LogP contribution in [0.3, 0.4) is 0 Å². The van der Waals surface area contributed by atoms with E-state index < -0.39 is 0 Å². The van der Waals surface area contributed by atoms with Crippen LogP contribution in [0.15, 0.2) is 66.7 Å². The van der Waals surface area contributed by atoms with Crippen LogP contribution < -0.4 is 5.32 Å². The number of nitrogens with one attached hydrogen (secondary N) is 1. The zero-order valence-electron chi connectivity index (χ0n) is 18.0. The highest BCUT2D eigenvalue weighted by atomic mass is 16.2. The van der Waals surface area contributed by atoms with Gasteiger partial charge in [-0.2, -0.15) is 0 Å². The topological polar surface area (TPSA) is 52.7 Å². The van der Waals surface area contributed by atoms with Crippen LogP contribution in [-0.4, -0.2) is 53.8 Å². The predicted molar refractivity (Wildman–Crippen MR) is 123 cm³/mol. The van der Waals surface area contributed by atoms with Gasteiger partial charge in [0.25, 0.3) is 0 Å². The molecule has 0 radical (unpaired) electrons. The Morgan fingerprint density at radius 3 is 2.29 bits per heavy atom. The van der Waals surface area contributed by atoms with Crippen molar-refractivity contribution in [3.63, 3.8) is 0 Å². The first-order valence-corrected chi connectivity index (χ1v) is 11.3. The van der Waals surface area contributed by atoms with Gasteiger partial charge in [-0.25, -0.2) is 0 Å². The van der Waals surface area contributed by atoms with Crippen LogP contribution in [0.1, 0.15) is 30.4 Å². The molecule has 4 rings (SSSR count). The van der Waals surface area contributed by atoms with Crippen molar-refractivity contribution in [2.24, 2.45) is 5.92 Å². The molecule has 2 aliphatic heterocycles. The summed E-state index contributed by atoms with van der Waals surface area (Å²) in [5.41, 5.74) is 2.33. The Hall–Kier alpha value is -2.92. The van der Waals surface area contributed by atoms with Crippen LogP contribution in [0.2, 0.25) is 0 Å². The number of rotatable bonds is 6. The fourth-order valence-corrected chi connectivity index (χ4v) is 4.45. The van der Waals surface area contributed by atoms with Crippen LogP contribution in [0.25, 0.3) is 6.08 Å². The van der Waals surface area contributed by atoms with Crippen molar-refractivity contribution < 1.29 is 9.59 Å². The molecule has 0 aromatic heterocycles. The molecule has 2 aliphatic rings. The molecule has 2 amide bonds. The standard InChI is InChI=1S/C26H31N3O2/c30-25(12-11-21-7-3-1-4-8-21)29-17-13-23(14-18-29)26(31)27-24-15-16-28(20-24)19-22-9-5-2-6-10-22/h1-12,23-24H,13-20H2,(H,27,31). The monoisotopic (exact) mass is 417 g/mol. The smallest absolute Gasteiger partial charge is 0.246 e. The maximum atomic E-state index is 12.8. The van der Waals surface area contributed by atoms with E-state index in [1.165, 1.54) is 5.56 Å². The third-order valence-corrected chi connectivity index (χ3v) is 6.26. The summed E-state index contributed by atoms with van der Waals surface area (Å²) in [4.78, 5) is 29.5. The van der Waals surface area contributed by atoms with Crippen LogP contribution in [0, 0.1) is 5.92 Å². The van der Waals surface area contributed by atoms with E-state index in [-0.39, 0.29) is 23.8 Å². The summed E-state index contributed by atoms with van der Waals surface area (Å²) in [5.74, 6) is 0.180. The van der Waals surface area contributed by atoms with Crippen molar-refractivity contribution in [1.82, 2.24) is 15.1 Å². The maximum absolute atomic E-state index is 12.8. The quantitative estimate of drug-likeness (QED) is 0.734. The number of likely N-dealkylation sites (tertiary alicyclic amines) is 2. The first-order valence-electron chi connectivity index (χ1n) is 11.3. The van der Waals surface area contributed by atoms with Gasteiger partial charge in [0.1, 0.15) is 0 Å². The summed E-state index contributed by atoms with van der Waals surface area (Å²) in [5, 5.41) is 3.26. The molecular formula is C26H31N3O2. The maximum Gasteiger partial charge on any atom is 0.246 e. The molecule has 1 N–H and O–H groups in total. The molecule has 1 atom stereocenters. The summed E-state index contributed by atoms with van der Waals surface area (Å²) >= 11 is 0. The number of carbonyl (C=O) groups excluding carboxylic acids is 2. The molecule has 0 spiro atoms. The van der Waals surface area contributed by atoms with Gasteiger partial charge in [-0.3, -0.25) is 14.5 Å². The molecule has 2 heterocycles. The van der Waals surface area contributed by atoms with Crippen molar-refractivity contribution in [2.45, 2.75) is 31.8 Å². The van der Waals surface area contributed by atoms with Crippen LogP contribution >= 0.6 is 0 Å². The summed E-state index contributed by atoms with van der Waals surface area (Å²) in [6, 6.07) is 20.5. The Morgan fingerprint density at radius 1 is 0.903 bits per heavy atom. The lowest BCUT2D eigenvalue weighted by Crippen LogP contribution is -2.45. The average molecular weight is 418 g/mol. The summed E-state index contributed by atoms with van der Waals surface area (Å²) in [6.07, 6.45) is 5.95. The largest absolute Gasteiger partial charge is 0.352 e. The molecule has 2 aromatic carbocycles. The lowest BCUT2D eigenvalue weighted by atomic mass is 9.95. The van der Waals surface area contributed by atoms with E-state index >= 15 is 0 Å². The lowest BCUT2D eigenvalue weighted by Gasteiger charge is -2.31. The number of benzene rings is 2. The third kappa shape index (κ3) is 6.05. The number of nitrogens with zero attached hydrogens (tertiary/aromatic N) is 2. The van der Waals surface area contributed by atoms with Crippen LogP contribution in [0.4, 0.5) is 0 Å². The molecule has 5 nitrogen and oxygen atoms in total. The fourth-order valence-electron chi connectivity index (χ4n) is 4.45. The Labute approximate surface area is 184 Å². The van der Waals surface area contributed by atoms with Gasteiger partial charge in [-0.05, 0) is 36.5 Å². The predicted octanol–water partition coefficient (Wildman–Crippen LogP) is 3.33. The fraction of sp³-hybridized carbons (Fsp3) is 0.385. The van der Waals surface area contributed by atoms with Crippen molar-refractivity contribution in [3.05, 3.63) is 77.9 Å². The Balaban J connectivity index is 1.19. The average Bonchev–Trinajstić information content (AvgIpc) is 3.25. The molecule has 2 aromatic rings. The minimum Gasteiger partial charge on any atom is -0.352 e. The van der Waals surface area contributed by atoms with Gasteiger partial charge in [0, 0.05) is 50.8 Å². The molecule has 0 bridgehead atoms. The normalized spacial score (nSPS) is 20.3. The molecule has 162 valence electrons. The highest BCUT2D eigenvalue weighted by Crippen LogP contribution is 2.20. The SMILES string of the molecule is O=C(NC1CCN(Cc2ccccc2)C1)C1CCN(C(=O)C=Cc2ccccc2)CC1. The van der Waals surface area contributed by atoms with Gasteiger partial charge in [0.05, 0.1) is 0 Å². The van der Waals surface area contributed by atoms with E-state index in [0.717, 1.165) is 44.5 Å². The number of piperidine rings is 1. The van der Waals surface area contributed by atoms with Crippen molar-refractivity contribution >= 4 is 17.9 Å². The Morgan fingerprint density at radius 2 is 1.58 bits per heavy atom. The number of carbonyl (C=O) groups is 2. The summed E-state index contributed by atoms with van der Waals surface area (Å²) in [6.45, 7) is 4.13. The summed E-state index contributed by atoms with van der Waals surface area (Å²) in [7, 11) is 0. The van der Waals surface area contributed by atoms with Gasteiger partial charge in [-0.15, -0.1) is 0 Å². The van der Waals surface area contributed by atoms with E-state index in [0.29, 0.717) is 13.1 Å². The van der Waals surface area contributed by atoms with E-state index in [2.05, 4.69) is 34.5 Å². The van der Waals surface area contributed by atoms with E-state index in [1.54, 1.807) is 6.08 Å². The molecule has 31 heavy (non-hydrogen) atoms. The van der Waals surface area contributed by atoms with Gasteiger partial charge in [0.15, 0.2) is 0 Å². The van der Waals surface area contributed by atoms with Crippen LogP contribution in [-0.2, 0) is 16.1 Å². The minimum atomic E-state index is 0.00493. The van der Waals surface area contributed by atoms with Gasteiger partial charge < -0.3 is 10.2 Å². The summed E-state index contributed by atoms with van der Waals surface area (Å²) < 4.78 is 0. The molecule has 5 heteroatoms. The Bertz CT molecular complexity index is 889. The highest BCUT2D eigenvalue weighted by Gasteiger charge is 2.30. The highest BCUT2D eigenvalue weighted by molar-refractivity contribution is 5.92. The second kappa shape index (κ2) is 10.4. The number of hydrogen-bond acceptors (Lipinski definition) is 3. The van der Waals surface area contributed by atoms with E-state index in [4.69, 9.17) is 0 Å². The van der Waals surface area contributed by atoms with E-state index in [1.807, 2.05) is 47.4 Å². The zero-order chi connectivity index (χ0) is 21.5. The molecule has 2 saturated heterocycles. The van der Waals surface area contributed by atoms with Crippen molar-refractivity contribution in [2.75, 3.05) is 26.2 Å². The Kier molecular flexibility index (Phi) is 7.15. The van der Waals surface area contributed by atoms with Gasteiger partial charge >= 0.3 is 0 Å².